The number of carbonyl (C=O) groups is 1. The smallest absolute Gasteiger partial charge is 0.130 e. The van der Waals surface area contributed by atoms with E-state index >= 15 is 0 Å². The summed E-state index contributed by atoms with van der Waals surface area (Å²) in [5.74, 6) is 1.33. The lowest BCUT2D eigenvalue weighted by Gasteiger charge is -2.15. The van der Waals surface area contributed by atoms with Crippen LogP contribution in [0.4, 0.5) is 0 Å². The minimum absolute atomic E-state index is 0.185. The number of ether oxygens (including phenoxy) is 1. The predicted octanol–water partition coefficient (Wildman–Crippen LogP) is 3.05. The third-order valence-electron chi connectivity index (χ3n) is 3.44. The molecule has 2 nitrogen and oxygen atoms in total. The second-order valence-corrected chi connectivity index (χ2v) is 4.89. The quantitative estimate of drug-likeness (QED) is 0.726. The molecule has 0 bridgehead atoms. The fourth-order valence-electron chi connectivity index (χ4n) is 2.10. The minimum atomic E-state index is -0.185. The minimum Gasteiger partial charge on any atom is -0.496 e. The van der Waals surface area contributed by atoms with Crippen LogP contribution in [0.25, 0.3) is 0 Å². The normalized spacial score (nSPS) is 17.2. The van der Waals surface area contributed by atoms with Gasteiger partial charge >= 0.3 is 0 Å². The van der Waals surface area contributed by atoms with Crippen molar-refractivity contribution in [3.8, 4) is 5.75 Å². The zero-order valence-electron chi connectivity index (χ0n) is 10.1. The Morgan fingerprint density at radius 1 is 1.38 bits per heavy atom. The van der Waals surface area contributed by atoms with E-state index in [1.54, 1.807) is 7.11 Å². The molecule has 0 aliphatic heterocycles. The second-order valence-electron chi connectivity index (χ2n) is 4.89. The van der Waals surface area contributed by atoms with Crippen molar-refractivity contribution in [3.05, 3.63) is 29.3 Å². The van der Waals surface area contributed by atoms with Crippen LogP contribution in [0, 0.1) is 0 Å². The van der Waals surface area contributed by atoms with Crippen LogP contribution in [0.1, 0.15) is 43.7 Å². The molecule has 1 aliphatic rings. The summed E-state index contributed by atoms with van der Waals surface area (Å²) in [6.07, 6.45) is 3.07. The zero-order chi connectivity index (χ0) is 11.8. The Morgan fingerprint density at radius 3 is 2.50 bits per heavy atom. The number of hydrogen-bond donors (Lipinski definition) is 0. The van der Waals surface area contributed by atoms with Crippen LogP contribution in [0.3, 0.4) is 0 Å². The van der Waals surface area contributed by atoms with E-state index in [4.69, 9.17) is 4.74 Å². The van der Waals surface area contributed by atoms with Gasteiger partial charge in [0.25, 0.3) is 0 Å². The molecule has 1 fully saturated rings. The molecular formula is C14H18O2. The fourth-order valence-corrected chi connectivity index (χ4v) is 2.10. The van der Waals surface area contributed by atoms with Crippen LogP contribution in [0.5, 0.6) is 5.75 Å². The van der Waals surface area contributed by atoms with E-state index in [0.717, 1.165) is 30.4 Å². The summed E-state index contributed by atoms with van der Waals surface area (Å²) in [7, 11) is 1.69. The number of rotatable bonds is 4. The number of carbonyl (C=O) groups excluding carboxylic acids is 1. The van der Waals surface area contributed by atoms with Crippen LogP contribution in [-0.4, -0.2) is 13.4 Å². The first-order valence-corrected chi connectivity index (χ1v) is 5.78. The number of hydrogen-bond acceptors (Lipinski definition) is 2. The van der Waals surface area contributed by atoms with Gasteiger partial charge in [0.2, 0.25) is 0 Å². The molecule has 1 aliphatic carbocycles. The highest BCUT2D eigenvalue weighted by Crippen LogP contribution is 2.47. The predicted molar refractivity (Wildman–Crippen MR) is 64.1 cm³/mol. The zero-order valence-corrected chi connectivity index (χ0v) is 10.1. The van der Waals surface area contributed by atoms with E-state index in [2.05, 4.69) is 19.9 Å². The van der Waals surface area contributed by atoms with Crippen molar-refractivity contribution in [3.63, 3.8) is 0 Å². The lowest BCUT2D eigenvalue weighted by Crippen LogP contribution is -2.09. The summed E-state index contributed by atoms with van der Waals surface area (Å²) in [6, 6.07) is 6.13. The number of aldehydes is 1. The van der Waals surface area contributed by atoms with Crippen molar-refractivity contribution in [2.45, 2.75) is 38.0 Å². The summed E-state index contributed by atoms with van der Waals surface area (Å²) in [5.41, 5.74) is 2.15. The van der Waals surface area contributed by atoms with Gasteiger partial charge in [-0.1, -0.05) is 26.0 Å². The van der Waals surface area contributed by atoms with Gasteiger partial charge in [-0.15, -0.1) is 0 Å². The molecule has 1 saturated carbocycles. The maximum Gasteiger partial charge on any atom is 0.130 e. The van der Waals surface area contributed by atoms with Crippen LogP contribution < -0.4 is 4.74 Å². The van der Waals surface area contributed by atoms with Gasteiger partial charge in [0.1, 0.15) is 12.0 Å². The first-order chi connectivity index (χ1) is 7.63. The van der Waals surface area contributed by atoms with Gasteiger partial charge in [0, 0.05) is 0 Å². The van der Waals surface area contributed by atoms with Crippen molar-refractivity contribution in [1.29, 1.82) is 0 Å². The van der Waals surface area contributed by atoms with Crippen molar-refractivity contribution in [1.82, 2.24) is 0 Å². The number of methoxy groups -OCH3 is 1. The van der Waals surface area contributed by atoms with E-state index < -0.39 is 0 Å². The Kier molecular flexibility index (Phi) is 2.75. The molecule has 0 N–H and O–H groups in total. The molecule has 0 saturated heterocycles. The third-order valence-corrected chi connectivity index (χ3v) is 3.44. The Balaban J connectivity index is 2.43. The summed E-state index contributed by atoms with van der Waals surface area (Å²) < 4.78 is 5.34. The van der Waals surface area contributed by atoms with Gasteiger partial charge in [-0.3, -0.25) is 0 Å². The topological polar surface area (TPSA) is 26.3 Å². The standard InChI is InChI=1S/C14H18O2/c1-10(2)12-8-11(4-5-13(12)16-3)14(9-15)6-7-14/h4-5,8-10H,6-7H2,1-3H3. The largest absolute Gasteiger partial charge is 0.496 e. The molecule has 1 aromatic carbocycles. The van der Waals surface area contributed by atoms with Gasteiger partial charge in [-0.05, 0) is 36.0 Å². The molecular weight excluding hydrogens is 200 g/mol. The molecule has 16 heavy (non-hydrogen) atoms. The highest BCUT2D eigenvalue weighted by molar-refractivity contribution is 5.73. The van der Waals surface area contributed by atoms with Gasteiger partial charge in [0.05, 0.1) is 12.5 Å². The summed E-state index contributed by atoms with van der Waals surface area (Å²) in [6.45, 7) is 4.28. The molecule has 2 heteroatoms. The first kappa shape index (κ1) is 11.2. The molecule has 0 atom stereocenters. The first-order valence-electron chi connectivity index (χ1n) is 5.78. The molecule has 0 amide bonds. The lowest BCUT2D eigenvalue weighted by atomic mass is 9.92. The van der Waals surface area contributed by atoms with Gasteiger partial charge in [-0.25, -0.2) is 0 Å². The fraction of sp³-hybridized carbons (Fsp3) is 0.500. The Morgan fingerprint density at radius 2 is 2.06 bits per heavy atom. The Labute approximate surface area is 96.6 Å². The Hall–Kier alpha value is -1.31. The molecule has 86 valence electrons. The summed E-state index contributed by atoms with van der Waals surface area (Å²) in [4.78, 5) is 11.1. The van der Waals surface area contributed by atoms with Crippen molar-refractivity contribution in [2.24, 2.45) is 0 Å². The highest BCUT2D eigenvalue weighted by atomic mass is 16.5. The van der Waals surface area contributed by atoms with E-state index in [-0.39, 0.29) is 5.41 Å². The molecule has 0 spiro atoms. The summed E-state index contributed by atoms with van der Waals surface area (Å²) >= 11 is 0. The van der Waals surface area contributed by atoms with E-state index in [1.165, 1.54) is 5.56 Å². The van der Waals surface area contributed by atoms with E-state index in [9.17, 15) is 4.79 Å². The van der Waals surface area contributed by atoms with Gasteiger partial charge in [0.15, 0.2) is 0 Å². The van der Waals surface area contributed by atoms with Crippen molar-refractivity contribution < 1.29 is 9.53 Å². The molecule has 0 radical (unpaired) electrons. The second kappa shape index (κ2) is 3.93. The van der Waals surface area contributed by atoms with Crippen LogP contribution in [0.15, 0.2) is 18.2 Å². The molecule has 2 rings (SSSR count). The van der Waals surface area contributed by atoms with E-state index in [0.29, 0.717) is 5.92 Å². The van der Waals surface area contributed by atoms with Crippen LogP contribution >= 0.6 is 0 Å². The van der Waals surface area contributed by atoms with Crippen molar-refractivity contribution >= 4 is 6.29 Å². The highest BCUT2D eigenvalue weighted by Gasteiger charge is 2.44. The van der Waals surface area contributed by atoms with Crippen LogP contribution in [-0.2, 0) is 10.2 Å². The maximum absolute atomic E-state index is 11.1. The molecule has 0 heterocycles. The molecule has 0 unspecified atom stereocenters. The van der Waals surface area contributed by atoms with Crippen LogP contribution in [0.2, 0.25) is 0 Å². The average Bonchev–Trinajstić information content (AvgIpc) is 3.09. The van der Waals surface area contributed by atoms with Crippen molar-refractivity contribution in [2.75, 3.05) is 7.11 Å². The molecule has 1 aromatic rings. The average molecular weight is 218 g/mol. The lowest BCUT2D eigenvalue weighted by molar-refractivity contribution is -0.109. The SMILES string of the molecule is COc1ccc(C2(C=O)CC2)cc1C(C)C. The monoisotopic (exact) mass is 218 g/mol. The Bertz CT molecular complexity index is 403. The summed E-state index contributed by atoms with van der Waals surface area (Å²) in [5, 5.41) is 0. The van der Waals surface area contributed by atoms with Gasteiger partial charge < -0.3 is 9.53 Å². The third kappa shape index (κ3) is 1.73. The molecule has 0 aromatic heterocycles. The van der Waals surface area contributed by atoms with Gasteiger partial charge in [-0.2, -0.15) is 0 Å². The number of benzene rings is 1. The maximum atomic E-state index is 11.1. The van der Waals surface area contributed by atoms with E-state index in [1.807, 2.05) is 12.1 Å².